The largest absolute Gasteiger partial charge is 0.455 e. The van der Waals surface area contributed by atoms with Crippen LogP contribution in [0.2, 0.25) is 0 Å². The summed E-state index contributed by atoms with van der Waals surface area (Å²) < 4.78 is 7.24. The molecule has 1 N–H and O–H groups in total. The van der Waals surface area contributed by atoms with Gasteiger partial charge in [-0.2, -0.15) is 0 Å². The maximum Gasteiger partial charge on any atom is 0.198 e. The molecule has 0 atom stereocenters. The van der Waals surface area contributed by atoms with Crippen LogP contribution in [0.25, 0.3) is 55.3 Å². The van der Waals surface area contributed by atoms with Crippen molar-refractivity contribution in [2.45, 2.75) is 123 Å². The lowest BCUT2D eigenvalue weighted by Gasteiger charge is -2.42. The molecule has 0 bridgehead atoms. The van der Waals surface area contributed by atoms with Crippen molar-refractivity contribution in [3.8, 4) is 33.4 Å². The molecule has 0 saturated heterocycles. The zero-order valence-electron chi connectivity index (χ0n) is 43.9. The molecule has 0 amide bonds. The van der Waals surface area contributed by atoms with Gasteiger partial charge in [0.2, 0.25) is 0 Å². The summed E-state index contributed by atoms with van der Waals surface area (Å²) >= 11 is 0. The summed E-state index contributed by atoms with van der Waals surface area (Å²) in [5.74, 6) is 0. The molecule has 4 heteroatoms. The van der Waals surface area contributed by atoms with Gasteiger partial charge in [0, 0.05) is 55.8 Å². The number of fused-ring (bicyclic) bond motifs is 9. The highest BCUT2D eigenvalue weighted by molar-refractivity contribution is 6.73. The molecule has 1 aliphatic heterocycles. The second-order valence-corrected chi connectivity index (χ2v) is 25.0. The van der Waals surface area contributed by atoms with Gasteiger partial charge in [0.05, 0.1) is 0 Å². The molecular formula is C67H67BN2O. The van der Waals surface area contributed by atoms with E-state index in [4.69, 9.17) is 4.42 Å². The second-order valence-electron chi connectivity index (χ2n) is 25.0. The summed E-state index contributed by atoms with van der Waals surface area (Å²) in [5.41, 5.74) is 25.9. The molecule has 2 aliphatic carbocycles. The number of nitrogens with zero attached hydrogens (tertiary/aromatic N) is 1. The van der Waals surface area contributed by atoms with Crippen LogP contribution in [0.15, 0.2) is 156 Å². The van der Waals surface area contributed by atoms with Crippen LogP contribution in [0.4, 0.5) is 28.4 Å². The quantitative estimate of drug-likeness (QED) is 0.174. The molecule has 2 heterocycles. The molecule has 8 aromatic carbocycles. The molecule has 71 heavy (non-hydrogen) atoms. The zero-order valence-corrected chi connectivity index (χ0v) is 43.9. The standard InChI is InChI=1S/C67H67BN2O/c1-63(2,3)42-24-29-45(30-25-42)70-57-31-26-43(64(4,5)6)34-55(57)68-61-58(70)37-49-46-20-16-17-21-59(46)71-62(49)60(61)50-35-47-48-36-53-54(66(9,10)33-32-65(53,7)8)38-51(48)67(11,12)52(47)39-56(50)69-44-27-22-41(23-28-44)40-18-14-13-15-19-40/h13-31,34-39,68-69H,32-33H2,1-12H3. The first-order valence-electron chi connectivity index (χ1n) is 26.0. The number of hydrogen-bond donors (Lipinski definition) is 1. The van der Waals surface area contributed by atoms with Crippen LogP contribution in [0.5, 0.6) is 0 Å². The van der Waals surface area contributed by atoms with Crippen molar-refractivity contribution in [1.29, 1.82) is 0 Å². The minimum Gasteiger partial charge on any atom is -0.455 e. The minimum absolute atomic E-state index is 0.0175. The molecule has 354 valence electrons. The Morgan fingerprint density at radius 2 is 1.13 bits per heavy atom. The first-order chi connectivity index (χ1) is 33.7. The van der Waals surface area contributed by atoms with Crippen LogP contribution in [-0.2, 0) is 27.1 Å². The van der Waals surface area contributed by atoms with Crippen LogP contribution in [0.3, 0.4) is 0 Å². The lowest BCUT2D eigenvalue weighted by molar-refractivity contribution is 0.331. The average Bonchev–Trinajstić information content (AvgIpc) is 3.81. The molecule has 0 spiro atoms. The van der Waals surface area contributed by atoms with E-state index in [1.54, 1.807) is 0 Å². The van der Waals surface area contributed by atoms with Crippen molar-refractivity contribution < 1.29 is 4.42 Å². The Morgan fingerprint density at radius 1 is 0.521 bits per heavy atom. The maximum absolute atomic E-state index is 7.24. The van der Waals surface area contributed by atoms with Crippen molar-refractivity contribution in [3.05, 3.63) is 185 Å². The fourth-order valence-corrected chi connectivity index (χ4v) is 12.3. The summed E-state index contributed by atoms with van der Waals surface area (Å²) in [5, 5.41) is 6.33. The molecule has 3 nitrogen and oxygen atoms in total. The van der Waals surface area contributed by atoms with Gasteiger partial charge >= 0.3 is 0 Å². The third-order valence-corrected chi connectivity index (χ3v) is 16.9. The summed E-state index contributed by atoms with van der Waals surface area (Å²) in [6.45, 7) is 28.6. The molecule has 0 saturated carbocycles. The minimum atomic E-state index is -0.230. The number of benzene rings is 8. The number of hydrogen-bond acceptors (Lipinski definition) is 3. The molecular weight excluding hydrogens is 860 g/mol. The van der Waals surface area contributed by atoms with Gasteiger partial charge in [-0.05, 0) is 156 Å². The van der Waals surface area contributed by atoms with Crippen LogP contribution in [0, 0.1) is 0 Å². The van der Waals surface area contributed by atoms with Gasteiger partial charge in [-0.1, -0.05) is 180 Å². The second kappa shape index (κ2) is 15.6. The highest BCUT2D eigenvalue weighted by atomic mass is 16.3. The van der Waals surface area contributed by atoms with Crippen molar-refractivity contribution in [2.24, 2.45) is 0 Å². The van der Waals surface area contributed by atoms with E-state index >= 15 is 0 Å². The fourth-order valence-electron chi connectivity index (χ4n) is 12.3. The average molecular weight is 927 g/mol. The van der Waals surface area contributed by atoms with Gasteiger partial charge in [-0.3, -0.25) is 0 Å². The van der Waals surface area contributed by atoms with Gasteiger partial charge in [-0.25, -0.2) is 0 Å². The van der Waals surface area contributed by atoms with Crippen LogP contribution in [-0.4, -0.2) is 7.28 Å². The van der Waals surface area contributed by atoms with E-state index in [0.717, 1.165) is 57.4 Å². The highest BCUT2D eigenvalue weighted by Gasteiger charge is 2.43. The predicted molar refractivity (Wildman–Crippen MR) is 306 cm³/mol. The van der Waals surface area contributed by atoms with E-state index in [-0.39, 0.29) is 27.1 Å². The van der Waals surface area contributed by atoms with E-state index < -0.39 is 0 Å². The molecule has 3 aliphatic rings. The normalized spacial score (nSPS) is 16.2. The topological polar surface area (TPSA) is 28.4 Å². The Bertz CT molecular complexity index is 3610. The number of para-hydroxylation sites is 1. The summed E-state index contributed by atoms with van der Waals surface area (Å²) in [4.78, 5) is 2.54. The lowest BCUT2D eigenvalue weighted by atomic mass is 9.57. The van der Waals surface area contributed by atoms with Gasteiger partial charge in [0.15, 0.2) is 7.28 Å². The molecule has 1 aromatic heterocycles. The van der Waals surface area contributed by atoms with E-state index in [1.807, 2.05) is 0 Å². The third kappa shape index (κ3) is 7.30. The summed E-state index contributed by atoms with van der Waals surface area (Å²) in [6.07, 6.45) is 2.36. The molecule has 0 radical (unpaired) electrons. The van der Waals surface area contributed by atoms with Gasteiger partial charge in [0.1, 0.15) is 11.2 Å². The molecule has 0 fully saturated rings. The van der Waals surface area contributed by atoms with E-state index in [0.29, 0.717) is 0 Å². The number of anilines is 5. The van der Waals surface area contributed by atoms with Gasteiger partial charge in [-0.15, -0.1) is 0 Å². The molecule has 12 rings (SSSR count). The summed E-state index contributed by atoms with van der Waals surface area (Å²) in [7, 11) is 0.759. The van der Waals surface area contributed by atoms with E-state index in [1.165, 1.54) is 90.8 Å². The lowest BCUT2D eigenvalue weighted by Crippen LogP contribution is -2.41. The molecule has 0 unspecified atom stereocenters. The predicted octanol–water partition coefficient (Wildman–Crippen LogP) is 17.1. The van der Waals surface area contributed by atoms with Crippen molar-refractivity contribution in [1.82, 2.24) is 0 Å². The fraction of sp³-hybridized carbons (Fsp3) is 0.284. The molecule has 9 aromatic rings. The van der Waals surface area contributed by atoms with Crippen LogP contribution < -0.4 is 21.1 Å². The van der Waals surface area contributed by atoms with E-state index in [2.05, 4.69) is 245 Å². The Hall–Kier alpha value is -6.78. The first-order valence-corrected chi connectivity index (χ1v) is 26.0. The monoisotopic (exact) mass is 927 g/mol. The number of nitrogens with one attached hydrogen (secondary N) is 1. The Balaban J connectivity index is 1.16. The van der Waals surface area contributed by atoms with Crippen LogP contribution in [0.1, 0.15) is 129 Å². The van der Waals surface area contributed by atoms with Gasteiger partial charge < -0.3 is 14.6 Å². The smallest absolute Gasteiger partial charge is 0.198 e. The highest BCUT2D eigenvalue weighted by Crippen LogP contribution is 2.57. The van der Waals surface area contributed by atoms with Gasteiger partial charge in [0.25, 0.3) is 0 Å². The first kappa shape index (κ1) is 45.4. The third-order valence-electron chi connectivity index (χ3n) is 16.9. The van der Waals surface area contributed by atoms with Crippen LogP contribution >= 0.6 is 0 Å². The number of rotatable bonds is 5. The van der Waals surface area contributed by atoms with E-state index in [9.17, 15) is 0 Å². The summed E-state index contributed by atoms with van der Waals surface area (Å²) in [6, 6.07) is 57.4. The SMILES string of the molecule is CC(C)(C)c1ccc(N2c3ccc(C(C)(C)C)cc3Bc3c2cc2c(oc4ccccc42)c3-c2cc3c(cc2Nc2ccc(-c4ccccc4)cc2)C(C)(C)c2cc4c(cc2-3)C(C)(C)CCC4(C)C)cc1. The Labute approximate surface area is 422 Å². The van der Waals surface area contributed by atoms with Crippen molar-refractivity contribution >= 4 is 68.6 Å². The number of furan rings is 1. The Kier molecular flexibility index (Phi) is 9.98. The maximum atomic E-state index is 7.24. The van der Waals surface area contributed by atoms with Crippen molar-refractivity contribution in [3.63, 3.8) is 0 Å². The zero-order chi connectivity index (χ0) is 49.6. The Morgan fingerprint density at radius 3 is 1.82 bits per heavy atom. The van der Waals surface area contributed by atoms with Crippen molar-refractivity contribution in [2.75, 3.05) is 10.2 Å².